The van der Waals surface area contributed by atoms with Crippen molar-refractivity contribution in [1.82, 2.24) is 14.6 Å². The number of rotatable bonds is 11. The minimum absolute atomic E-state index is 0.170. The Kier molecular flexibility index (Phi) is 13.9. The van der Waals surface area contributed by atoms with Crippen molar-refractivity contribution in [2.75, 3.05) is 11.5 Å². The van der Waals surface area contributed by atoms with Crippen molar-refractivity contribution < 1.29 is 65.6 Å². The maximum absolute atomic E-state index is 16.4. The molecule has 1 saturated heterocycles. The standard InChI is InChI=1S/C33H45F2N4O13PS/c1-18(26(40)41)37-53(46,52-20-13-11-19(34)12-14-20)47-17-21-24(48-30(45)51-33(8,9)10)23(35)25(54-21)38-16-15-22(36-27(38)42)39(28(43)49-31(2,3)4)29(44)50-32(5,6)7/h11-16,18,21,23-25H,17H2,1-10H3,(H,37,46)(H,40,41)/t18?,21-,23+,24-,25-,53?/m1/s1. The summed E-state index contributed by atoms with van der Waals surface area (Å²) >= 11 is 0.694. The third-order valence-electron chi connectivity index (χ3n) is 6.53. The molecular formula is C33H45F2N4O13PS. The topological polar surface area (TPSA) is 211 Å². The van der Waals surface area contributed by atoms with Crippen LogP contribution in [0.3, 0.4) is 0 Å². The number of anilines is 1. The van der Waals surface area contributed by atoms with Crippen LogP contribution in [0.25, 0.3) is 0 Å². The molecule has 0 spiro atoms. The Morgan fingerprint density at radius 1 is 0.963 bits per heavy atom. The maximum Gasteiger partial charge on any atom is 0.509 e. The van der Waals surface area contributed by atoms with Gasteiger partial charge >= 0.3 is 37.7 Å². The van der Waals surface area contributed by atoms with E-state index in [0.717, 1.165) is 48.0 Å². The molecule has 21 heteroatoms. The van der Waals surface area contributed by atoms with Gasteiger partial charge in [0.2, 0.25) is 0 Å². The van der Waals surface area contributed by atoms with Crippen LogP contribution in [0.2, 0.25) is 0 Å². The lowest BCUT2D eigenvalue weighted by Crippen LogP contribution is -2.45. The van der Waals surface area contributed by atoms with E-state index in [2.05, 4.69) is 10.1 Å². The molecule has 0 saturated carbocycles. The number of ether oxygens (including phenoxy) is 4. The highest BCUT2D eigenvalue weighted by atomic mass is 32.2. The van der Waals surface area contributed by atoms with Crippen LogP contribution in [0, 0.1) is 5.82 Å². The number of carbonyl (C=O) groups is 4. The normalized spacial score (nSPS) is 20.6. The second-order valence-electron chi connectivity index (χ2n) is 14.9. The molecule has 2 aromatic rings. The first-order valence-corrected chi connectivity index (χ1v) is 18.9. The fourth-order valence-corrected chi connectivity index (χ4v) is 7.45. The number of halogens is 2. The Hall–Kier alpha value is -4.26. The van der Waals surface area contributed by atoms with Crippen LogP contribution in [0.4, 0.5) is 29.0 Å². The Morgan fingerprint density at radius 2 is 1.50 bits per heavy atom. The molecule has 2 amide bonds. The van der Waals surface area contributed by atoms with E-state index in [-0.39, 0.29) is 5.75 Å². The number of carboxylic acid groups (broad SMARTS) is 1. The van der Waals surface area contributed by atoms with Gasteiger partial charge in [-0.2, -0.15) is 15.0 Å². The minimum Gasteiger partial charge on any atom is -0.480 e. The van der Waals surface area contributed by atoms with Crippen LogP contribution < -0.4 is 20.2 Å². The highest BCUT2D eigenvalue weighted by Crippen LogP contribution is 2.49. The van der Waals surface area contributed by atoms with Crippen molar-refractivity contribution in [1.29, 1.82) is 0 Å². The third kappa shape index (κ3) is 13.0. The first kappa shape index (κ1) is 44.1. The van der Waals surface area contributed by atoms with Gasteiger partial charge in [-0.1, -0.05) is 0 Å². The number of aromatic nitrogens is 2. The van der Waals surface area contributed by atoms with Crippen LogP contribution in [0.1, 0.15) is 74.6 Å². The van der Waals surface area contributed by atoms with Gasteiger partial charge in [0.1, 0.15) is 39.8 Å². The second-order valence-corrected chi connectivity index (χ2v) is 17.9. The van der Waals surface area contributed by atoms with Gasteiger partial charge in [-0.25, -0.2) is 32.5 Å². The number of aliphatic carboxylic acids is 1. The van der Waals surface area contributed by atoms with Gasteiger partial charge < -0.3 is 28.6 Å². The van der Waals surface area contributed by atoms with Crippen molar-refractivity contribution in [2.45, 2.75) is 115 Å². The average Bonchev–Trinajstić information content (AvgIpc) is 3.28. The zero-order valence-electron chi connectivity index (χ0n) is 31.4. The van der Waals surface area contributed by atoms with Crippen LogP contribution in [-0.2, 0) is 32.8 Å². The minimum atomic E-state index is -4.64. The summed E-state index contributed by atoms with van der Waals surface area (Å²) in [5, 5.41) is 8.91. The first-order chi connectivity index (χ1) is 24.7. The number of nitrogens with zero attached hydrogens (tertiary/aromatic N) is 3. The van der Waals surface area contributed by atoms with Crippen molar-refractivity contribution in [2.24, 2.45) is 0 Å². The average molecular weight is 807 g/mol. The van der Waals surface area contributed by atoms with Crippen molar-refractivity contribution >= 4 is 49.6 Å². The van der Waals surface area contributed by atoms with Gasteiger partial charge in [0.15, 0.2) is 18.1 Å². The molecule has 300 valence electrons. The predicted octanol–water partition coefficient (Wildman–Crippen LogP) is 6.60. The molecule has 0 bridgehead atoms. The smallest absolute Gasteiger partial charge is 0.480 e. The van der Waals surface area contributed by atoms with E-state index in [1.165, 1.54) is 20.8 Å². The predicted molar refractivity (Wildman–Crippen MR) is 191 cm³/mol. The summed E-state index contributed by atoms with van der Waals surface area (Å²) in [5.74, 6) is -2.75. The molecule has 1 aliphatic heterocycles. The van der Waals surface area contributed by atoms with Crippen molar-refractivity contribution in [3.8, 4) is 5.75 Å². The zero-order chi connectivity index (χ0) is 41.0. The summed E-state index contributed by atoms with van der Waals surface area (Å²) in [6.45, 7) is 14.3. The lowest BCUT2D eigenvalue weighted by Gasteiger charge is -2.28. The second kappa shape index (κ2) is 17.0. The summed E-state index contributed by atoms with van der Waals surface area (Å²) in [6.07, 6.45) is -6.56. The van der Waals surface area contributed by atoms with Crippen LogP contribution in [0.5, 0.6) is 5.75 Å². The molecule has 1 aromatic heterocycles. The molecular weight excluding hydrogens is 761 g/mol. The maximum atomic E-state index is 16.4. The van der Waals surface area contributed by atoms with E-state index in [1.54, 1.807) is 41.5 Å². The number of alkyl halides is 1. The summed E-state index contributed by atoms with van der Waals surface area (Å²) < 4.78 is 76.7. The summed E-state index contributed by atoms with van der Waals surface area (Å²) in [6, 6.07) is 3.78. The van der Waals surface area contributed by atoms with Crippen LogP contribution in [-0.4, -0.2) is 85.9 Å². The number of imide groups is 1. The highest BCUT2D eigenvalue weighted by Gasteiger charge is 2.50. The first-order valence-electron chi connectivity index (χ1n) is 16.4. The van der Waals surface area contributed by atoms with Gasteiger partial charge in [-0.15, -0.1) is 11.8 Å². The Labute approximate surface area is 314 Å². The SMILES string of the molecule is CC(NP(=O)(OC[C@H]1S[C@@H](n2ccc(N(C(=O)OC(C)(C)C)C(=O)OC(C)(C)C)nc2=O)[C@@H](F)[C@@H]1OC(=O)OC(C)(C)C)Oc1ccc(F)cc1)C(=O)O. The molecule has 0 aliphatic carbocycles. The number of hydrogen-bond donors (Lipinski definition) is 2. The van der Waals surface area contributed by atoms with E-state index in [9.17, 15) is 38.0 Å². The number of benzene rings is 1. The monoisotopic (exact) mass is 806 g/mol. The summed E-state index contributed by atoms with van der Waals surface area (Å²) in [7, 11) is -4.64. The van der Waals surface area contributed by atoms with Gasteiger partial charge in [-0.05, 0) is 99.6 Å². The Bertz CT molecular complexity index is 1770. The molecule has 2 unspecified atom stereocenters. The van der Waals surface area contributed by atoms with Gasteiger partial charge in [0, 0.05) is 6.20 Å². The fraction of sp³-hybridized carbons (Fsp3) is 0.576. The van der Waals surface area contributed by atoms with Crippen LogP contribution in [0.15, 0.2) is 41.3 Å². The molecule has 54 heavy (non-hydrogen) atoms. The number of nitrogens with one attached hydrogen (secondary N) is 1. The fourth-order valence-electron chi connectivity index (χ4n) is 4.36. The van der Waals surface area contributed by atoms with E-state index in [1.807, 2.05) is 0 Å². The van der Waals surface area contributed by atoms with E-state index >= 15 is 4.39 Å². The van der Waals surface area contributed by atoms with Gasteiger partial charge in [-0.3, -0.25) is 13.9 Å². The molecule has 6 atom stereocenters. The molecule has 17 nitrogen and oxygen atoms in total. The van der Waals surface area contributed by atoms with Crippen LogP contribution >= 0.6 is 19.5 Å². The summed E-state index contributed by atoms with van der Waals surface area (Å²) in [5.41, 5.74) is -4.34. The van der Waals surface area contributed by atoms with E-state index < -0.39 is 102 Å². The van der Waals surface area contributed by atoms with Gasteiger partial charge in [0.25, 0.3) is 0 Å². The number of thioether (sulfide) groups is 1. The largest absolute Gasteiger partial charge is 0.509 e. The van der Waals surface area contributed by atoms with E-state index in [4.69, 9.17) is 28.0 Å². The highest BCUT2D eigenvalue weighted by molar-refractivity contribution is 8.00. The molecule has 1 aliphatic rings. The van der Waals surface area contributed by atoms with Crippen molar-refractivity contribution in [3.63, 3.8) is 0 Å². The number of carbonyl (C=O) groups excluding carboxylic acids is 3. The molecule has 2 N–H and O–H groups in total. The van der Waals surface area contributed by atoms with E-state index in [0.29, 0.717) is 16.7 Å². The van der Waals surface area contributed by atoms with Crippen molar-refractivity contribution in [3.05, 3.63) is 52.8 Å². The number of carboxylic acids is 1. The third-order valence-corrected chi connectivity index (χ3v) is 9.69. The summed E-state index contributed by atoms with van der Waals surface area (Å²) in [4.78, 5) is 68.2. The number of amides is 2. The molecule has 1 aromatic carbocycles. The Morgan fingerprint density at radius 3 is 1.98 bits per heavy atom. The zero-order valence-corrected chi connectivity index (χ0v) is 33.1. The number of hydrogen-bond acceptors (Lipinski definition) is 14. The quantitative estimate of drug-likeness (QED) is 0.139. The molecule has 1 fully saturated rings. The molecule has 0 radical (unpaired) electrons. The lowest BCUT2D eigenvalue weighted by molar-refractivity contribution is -0.138. The molecule has 3 rings (SSSR count). The molecule has 2 heterocycles. The van der Waals surface area contributed by atoms with Gasteiger partial charge in [0.05, 0.1) is 11.9 Å². The lowest BCUT2D eigenvalue weighted by atomic mass is 10.1. The Balaban J connectivity index is 2.00.